The first-order chi connectivity index (χ1) is 12.3. The van der Waals surface area contributed by atoms with Gasteiger partial charge in [-0.3, -0.25) is 9.59 Å². The largest absolute Gasteiger partial charge is 0.416 e. The highest BCUT2D eigenvalue weighted by Crippen LogP contribution is 2.29. The Balaban J connectivity index is 1.50. The Bertz CT molecular complexity index is 644. The van der Waals surface area contributed by atoms with Gasteiger partial charge in [-0.2, -0.15) is 13.2 Å². The summed E-state index contributed by atoms with van der Waals surface area (Å²) in [7, 11) is 0. The first kappa shape index (κ1) is 18.7. The molecule has 0 spiro atoms. The van der Waals surface area contributed by atoms with Crippen molar-refractivity contribution >= 4 is 11.8 Å². The van der Waals surface area contributed by atoms with Crippen LogP contribution in [0, 0.1) is 5.92 Å². The first-order valence-electron chi connectivity index (χ1n) is 9.07. The molecule has 0 saturated carbocycles. The fourth-order valence-corrected chi connectivity index (χ4v) is 3.67. The molecule has 3 rings (SSSR count). The zero-order chi connectivity index (χ0) is 18.7. The SMILES string of the molecule is O=C(Cc1ccc(C(F)(F)F)cc1)N1CCC(C(=O)N2CCCC2)CC1. The third-order valence-electron chi connectivity index (χ3n) is 5.25. The summed E-state index contributed by atoms with van der Waals surface area (Å²) in [5, 5.41) is 0. The zero-order valence-corrected chi connectivity index (χ0v) is 14.6. The van der Waals surface area contributed by atoms with Crippen LogP contribution in [0.1, 0.15) is 36.8 Å². The third-order valence-corrected chi connectivity index (χ3v) is 5.25. The van der Waals surface area contributed by atoms with E-state index in [0.29, 0.717) is 31.5 Å². The van der Waals surface area contributed by atoms with Gasteiger partial charge in [0, 0.05) is 32.1 Å². The molecule has 26 heavy (non-hydrogen) atoms. The van der Waals surface area contributed by atoms with E-state index in [1.165, 1.54) is 12.1 Å². The number of carbonyl (C=O) groups is 2. The molecular formula is C19H23F3N2O2. The maximum Gasteiger partial charge on any atom is 0.416 e. The number of benzene rings is 1. The smallest absolute Gasteiger partial charge is 0.342 e. The first-order valence-corrected chi connectivity index (χ1v) is 9.07. The third kappa shape index (κ3) is 4.37. The molecule has 0 aliphatic carbocycles. The Morgan fingerprint density at radius 3 is 2.04 bits per heavy atom. The van der Waals surface area contributed by atoms with Crippen LogP contribution in [0.25, 0.3) is 0 Å². The van der Waals surface area contributed by atoms with E-state index in [1.807, 2.05) is 4.90 Å². The monoisotopic (exact) mass is 368 g/mol. The highest BCUT2D eigenvalue weighted by Gasteiger charge is 2.32. The summed E-state index contributed by atoms with van der Waals surface area (Å²) in [6.07, 6.45) is -0.830. The Kier molecular flexibility index (Phi) is 5.53. The summed E-state index contributed by atoms with van der Waals surface area (Å²) >= 11 is 0. The van der Waals surface area contributed by atoms with Gasteiger partial charge in [-0.1, -0.05) is 12.1 Å². The number of hydrogen-bond acceptors (Lipinski definition) is 2. The van der Waals surface area contributed by atoms with Gasteiger partial charge in [-0.25, -0.2) is 0 Å². The second-order valence-electron chi connectivity index (χ2n) is 7.06. The van der Waals surface area contributed by atoms with Crippen molar-refractivity contribution < 1.29 is 22.8 Å². The van der Waals surface area contributed by atoms with Gasteiger partial charge < -0.3 is 9.80 Å². The predicted octanol–water partition coefficient (Wildman–Crippen LogP) is 3.11. The molecule has 0 bridgehead atoms. The van der Waals surface area contributed by atoms with E-state index < -0.39 is 11.7 Å². The van der Waals surface area contributed by atoms with E-state index in [9.17, 15) is 22.8 Å². The maximum atomic E-state index is 12.6. The van der Waals surface area contributed by atoms with Gasteiger partial charge in [0.25, 0.3) is 0 Å². The molecule has 2 aliphatic heterocycles. The number of nitrogens with zero attached hydrogens (tertiary/aromatic N) is 2. The average molecular weight is 368 g/mol. The Morgan fingerprint density at radius 2 is 1.50 bits per heavy atom. The summed E-state index contributed by atoms with van der Waals surface area (Å²) in [6, 6.07) is 4.71. The topological polar surface area (TPSA) is 40.6 Å². The molecule has 2 amide bonds. The Hall–Kier alpha value is -2.05. The average Bonchev–Trinajstić information content (AvgIpc) is 3.15. The molecule has 2 aliphatic rings. The summed E-state index contributed by atoms with van der Waals surface area (Å²) in [6.45, 7) is 2.74. The minimum atomic E-state index is -4.37. The number of halogens is 3. The normalized spacial score (nSPS) is 19.0. The van der Waals surface area contributed by atoms with Crippen molar-refractivity contribution in [3.8, 4) is 0 Å². The van der Waals surface area contributed by atoms with Crippen molar-refractivity contribution in [1.82, 2.24) is 9.80 Å². The van der Waals surface area contributed by atoms with Crippen LogP contribution in [-0.4, -0.2) is 47.8 Å². The lowest BCUT2D eigenvalue weighted by Gasteiger charge is -2.33. The summed E-state index contributed by atoms with van der Waals surface area (Å²) in [4.78, 5) is 28.4. The minimum absolute atomic E-state index is 0.0109. The lowest BCUT2D eigenvalue weighted by atomic mass is 9.95. The van der Waals surface area contributed by atoms with Crippen LogP contribution >= 0.6 is 0 Å². The minimum Gasteiger partial charge on any atom is -0.342 e. The molecule has 1 aromatic rings. The molecule has 0 atom stereocenters. The number of carbonyl (C=O) groups excluding carboxylic acids is 2. The molecule has 7 heteroatoms. The molecule has 2 saturated heterocycles. The van der Waals surface area contributed by atoms with Gasteiger partial charge in [-0.05, 0) is 43.4 Å². The molecule has 4 nitrogen and oxygen atoms in total. The van der Waals surface area contributed by atoms with E-state index in [0.717, 1.165) is 38.1 Å². The number of hydrogen-bond donors (Lipinski definition) is 0. The maximum absolute atomic E-state index is 12.6. The molecule has 142 valence electrons. The van der Waals surface area contributed by atoms with Crippen LogP contribution in [-0.2, 0) is 22.2 Å². The van der Waals surface area contributed by atoms with Gasteiger partial charge in [0.15, 0.2) is 0 Å². The highest BCUT2D eigenvalue weighted by atomic mass is 19.4. The molecule has 0 radical (unpaired) electrons. The fraction of sp³-hybridized carbons (Fsp3) is 0.579. The van der Waals surface area contributed by atoms with E-state index >= 15 is 0 Å². The second kappa shape index (κ2) is 7.68. The van der Waals surface area contributed by atoms with Crippen molar-refractivity contribution in [2.24, 2.45) is 5.92 Å². The molecule has 0 unspecified atom stereocenters. The molecule has 0 aromatic heterocycles. The van der Waals surface area contributed by atoms with Crippen LogP contribution in [0.3, 0.4) is 0 Å². The van der Waals surface area contributed by atoms with Gasteiger partial charge in [-0.15, -0.1) is 0 Å². The lowest BCUT2D eigenvalue weighted by Crippen LogP contribution is -2.44. The zero-order valence-electron chi connectivity index (χ0n) is 14.6. The van der Waals surface area contributed by atoms with E-state index in [-0.39, 0.29) is 24.2 Å². The Morgan fingerprint density at radius 1 is 0.923 bits per heavy atom. The van der Waals surface area contributed by atoms with E-state index in [4.69, 9.17) is 0 Å². The van der Waals surface area contributed by atoms with Crippen molar-refractivity contribution in [3.63, 3.8) is 0 Å². The standard InChI is InChI=1S/C19H23F3N2O2/c20-19(21,22)16-5-3-14(4-6-16)13-17(25)23-11-7-15(8-12-23)18(26)24-9-1-2-10-24/h3-6,15H,1-2,7-13H2. The Labute approximate surface area is 151 Å². The van der Waals surface area contributed by atoms with E-state index in [2.05, 4.69) is 0 Å². The summed E-state index contributed by atoms with van der Waals surface area (Å²) in [5.41, 5.74) is -0.145. The van der Waals surface area contributed by atoms with Crippen molar-refractivity contribution in [1.29, 1.82) is 0 Å². The van der Waals surface area contributed by atoms with Crippen LogP contribution in [0.2, 0.25) is 0 Å². The van der Waals surface area contributed by atoms with Gasteiger partial charge in [0.1, 0.15) is 0 Å². The number of rotatable bonds is 3. The predicted molar refractivity (Wildman–Crippen MR) is 90.3 cm³/mol. The number of alkyl halides is 3. The summed E-state index contributed by atoms with van der Waals surface area (Å²) < 4.78 is 37.7. The summed E-state index contributed by atoms with van der Waals surface area (Å²) in [5.74, 6) is 0.0948. The molecule has 1 aromatic carbocycles. The van der Waals surface area contributed by atoms with E-state index in [1.54, 1.807) is 4.90 Å². The molecule has 2 heterocycles. The van der Waals surface area contributed by atoms with Crippen molar-refractivity contribution in [2.75, 3.05) is 26.2 Å². The van der Waals surface area contributed by atoms with Crippen LogP contribution < -0.4 is 0 Å². The second-order valence-corrected chi connectivity index (χ2v) is 7.06. The lowest BCUT2D eigenvalue weighted by molar-refractivity contribution is -0.139. The van der Waals surface area contributed by atoms with Gasteiger partial charge >= 0.3 is 6.18 Å². The van der Waals surface area contributed by atoms with Crippen molar-refractivity contribution in [3.05, 3.63) is 35.4 Å². The van der Waals surface area contributed by atoms with Crippen LogP contribution in [0.5, 0.6) is 0 Å². The molecular weight excluding hydrogens is 345 g/mol. The van der Waals surface area contributed by atoms with Crippen LogP contribution in [0.4, 0.5) is 13.2 Å². The van der Waals surface area contributed by atoms with Crippen molar-refractivity contribution in [2.45, 2.75) is 38.3 Å². The number of piperidine rings is 1. The van der Waals surface area contributed by atoms with Gasteiger partial charge in [0.2, 0.25) is 11.8 Å². The van der Waals surface area contributed by atoms with Crippen LogP contribution in [0.15, 0.2) is 24.3 Å². The molecule has 2 fully saturated rings. The number of amides is 2. The van der Waals surface area contributed by atoms with Gasteiger partial charge in [0.05, 0.1) is 12.0 Å². The quantitative estimate of drug-likeness (QED) is 0.823. The fourth-order valence-electron chi connectivity index (χ4n) is 3.67. The highest BCUT2D eigenvalue weighted by molar-refractivity contribution is 5.81. The molecule has 0 N–H and O–H groups in total. The number of likely N-dealkylation sites (tertiary alicyclic amines) is 2.